The van der Waals surface area contributed by atoms with Crippen LogP contribution in [0, 0.1) is 5.92 Å². The lowest BCUT2D eigenvalue weighted by Crippen LogP contribution is -2.21. The molecular formula is C16H27N. The molecule has 0 aliphatic carbocycles. The molecule has 1 N–H and O–H groups in total. The number of nitrogens with one attached hydrogen (secondary N) is 1. The smallest absolute Gasteiger partial charge is 0.00174 e. The third-order valence-electron chi connectivity index (χ3n) is 3.20. The van der Waals surface area contributed by atoms with E-state index in [9.17, 15) is 0 Å². The van der Waals surface area contributed by atoms with Crippen molar-refractivity contribution < 1.29 is 0 Å². The van der Waals surface area contributed by atoms with Crippen molar-refractivity contribution in [2.24, 2.45) is 5.92 Å². The van der Waals surface area contributed by atoms with Crippen LogP contribution in [0.15, 0.2) is 30.3 Å². The Balaban J connectivity index is 2.07. The third kappa shape index (κ3) is 6.48. The molecule has 0 aliphatic heterocycles. The summed E-state index contributed by atoms with van der Waals surface area (Å²) in [7, 11) is 0. The summed E-state index contributed by atoms with van der Waals surface area (Å²) in [6.07, 6.45) is 4.01. The summed E-state index contributed by atoms with van der Waals surface area (Å²) in [4.78, 5) is 0. The lowest BCUT2D eigenvalue weighted by molar-refractivity contribution is 0.513. The number of hydrogen-bond acceptors (Lipinski definition) is 1. The Kier molecular flexibility index (Phi) is 6.95. The van der Waals surface area contributed by atoms with Gasteiger partial charge in [-0.25, -0.2) is 0 Å². The minimum atomic E-state index is 0.612. The van der Waals surface area contributed by atoms with Gasteiger partial charge in [-0.15, -0.1) is 0 Å². The predicted octanol–water partition coefficient (Wildman–Crippen LogP) is 4.21. The monoisotopic (exact) mass is 233 g/mol. The average Bonchev–Trinajstić information content (AvgIpc) is 2.34. The normalized spacial score (nSPS) is 12.9. The topological polar surface area (TPSA) is 12.0 Å². The summed E-state index contributed by atoms with van der Waals surface area (Å²) in [6.45, 7) is 9.13. The Morgan fingerprint density at radius 1 is 1.00 bits per heavy atom. The molecule has 0 saturated heterocycles. The number of rotatable bonds is 8. The van der Waals surface area contributed by atoms with E-state index in [0.717, 1.165) is 19.0 Å². The number of hydrogen-bond donors (Lipinski definition) is 1. The van der Waals surface area contributed by atoms with Crippen molar-refractivity contribution in [2.45, 2.75) is 46.0 Å². The van der Waals surface area contributed by atoms with Gasteiger partial charge in [-0.1, -0.05) is 63.9 Å². The molecule has 0 radical (unpaired) electrons. The quantitative estimate of drug-likeness (QED) is 0.663. The number of benzene rings is 1. The summed E-state index contributed by atoms with van der Waals surface area (Å²) in [5.74, 6) is 1.46. The molecule has 0 aromatic heterocycles. The van der Waals surface area contributed by atoms with Gasteiger partial charge < -0.3 is 5.32 Å². The Hall–Kier alpha value is -0.820. The summed E-state index contributed by atoms with van der Waals surface area (Å²) in [5.41, 5.74) is 1.43. The van der Waals surface area contributed by atoms with Crippen LogP contribution in [0.2, 0.25) is 0 Å². The van der Waals surface area contributed by atoms with Crippen LogP contribution in [0.25, 0.3) is 0 Å². The van der Waals surface area contributed by atoms with Crippen molar-refractivity contribution in [1.29, 1.82) is 0 Å². The minimum Gasteiger partial charge on any atom is -0.316 e. The van der Waals surface area contributed by atoms with Gasteiger partial charge in [-0.2, -0.15) is 0 Å². The van der Waals surface area contributed by atoms with Gasteiger partial charge >= 0.3 is 0 Å². The first-order chi connectivity index (χ1) is 8.20. The van der Waals surface area contributed by atoms with Gasteiger partial charge in [-0.3, -0.25) is 0 Å². The van der Waals surface area contributed by atoms with Gasteiger partial charge in [0.05, 0.1) is 0 Å². The van der Waals surface area contributed by atoms with E-state index < -0.39 is 0 Å². The lowest BCUT2D eigenvalue weighted by atomic mass is 10.0. The van der Waals surface area contributed by atoms with Crippen LogP contribution in [-0.4, -0.2) is 13.1 Å². The molecule has 0 aliphatic rings. The Morgan fingerprint density at radius 3 is 2.35 bits per heavy atom. The van der Waals surface area contributed by atoms with Gasteiger partial charge in [0.2, 0.25) is 0 Å². The van der Waals surface area contributed by atoms with Crippen molar-refractivity contribution >= 4 is 0 Å². The fourth-order valence-electron chi connectivity index (χ4n) is 2.02. The molecule has 0 amide bonds. The highest BCUT2D eigenvalue weighted by atomic mass is 14.8. The third-order valence-corrected chi connectivity index (χ3v) is 3.20. The molecule has 1 rings (SSSR count). The molecule has 0 bridgehead atoms. The maximum absolute atomic E-state index is 3.56. The molecule has 0 spiro atoms. The molecule has 1 aromatic rings. The van der Waals surface area contributed by atoms with E-state index in [-0.39, 0.29) is 0 Å². The predicted molar refractivity (Wildman–Crippen MR) is 76.4 cm³/mol. The highest BCUT2D eigenvalue weighted by molar-refractivity contribution is 5.18. The molecular weight excluding hydrogens is 206 g/mol. The summed E-state index contributed by atoms with van der Waals surface area (Å²) >= 11 is 0. The van der Waals surface area contributed by atoms with Crippen LogP contribution in [0.3, 0.4) is 0 Å². The molecule has 0 saturated carbocycles. The first kappa shape index (κ1) is 14.2. The van der Waals surface area contributed by atoms with E-state index in [1.165, 1.54) is 24.8 Å². The minimum absolute atomic E-state index is 0.612. The molecule has 0 heterocycles. The van der Waals surface area contributed by atoms with E-state index in [2.05, 4.69) is 56.4 Å². The van der Waals surface area contributed by atoms with E-state index in [4.69, 9.17) is 0 Å². The Bertz CT molecular complexity index is 279. The molecule has 17 heavy (non-hydrogen) atoms. The standard InChI is InChI=1S/C16H27N/c1-14(2)9-7-8-12-17-13-15(3)16-10-5-4-6-11-16/h4-6,10-11,14-15,17H,7-9,12-13H2,1-3H3. The highest BCUT2D eigenvalue weighted by Crippen LogP contribution is 2.13. The van der Waals surface area contributed by atoms with Crippen LogP contribution < -0.4 is 5.32 Å². The van der Waals surface area contributed by atoms with Crippen LogP contribution in [0.1, 0.15) is 51.5 Å². The molecule has 96 valence electrons. The second-order valence-corrected chi connectivity index (χ2v) is 5.41. The zero-order valence-corrected chi connectivity index (χ0v) is 11.6. The Labute approximate surface area is 107 Å². The van der Waals surface area contributed by atoms with E-state index in [1.807, 2.05) is 0 Å². The maximum atomic E-state index is 3.56. The first-order valence-corrected chi connectivity index (χ1v) is 6.96. The number of unbranched alkanes of at least 4 members (excludes halogenated alkanes) is 1. The van der Waals surface area contributed by atoms with E-state index >= 15 is 0 Å². The fraction of sp³-hybridized carbons (Fsp3) is 0.625. The second-order valence-electron chi connectivity index (χ2n) is 5.41. The average molecular weight is 233 g/mol. The van der Waals surface area contributed by atoms with Crippen molar-refractivity contribution in [3.8, 4) is 0 Å². The van der Waals surface area contributed by atoms with Gasteiger partial charge in [0, 0.05) is 6.54 Å². The summed E-state index contributed by atoms with van der Waals surface area (Å²) in [6, 6.07) is 10.7. The molecule has 1 aromatic carbocycles. The van der Waals surface area contributed by atoms with Gasteiger partial charge in [0.25, 0.3) is 0 Å². The lowest BCUT2D eigenvalue weighted by Gasteiger charge is -2.13. The van der Waals surface area contributed by atoms with Crippen molar-refractivity contribution in [3.63, 3.8) is 0 Å². The van der Waals surface area contributed by atoms with Crippen molar-refractivity contribution in [2.75, 3.05) is 13.1 Å². The van der Waals surface area contributed by atoms with Gasteiger partial charge in [-0.05, 0) is 30.4 Å². The largest absolute Gasteiger partial charge is 0.316 e. The summed E-state index contributed by atoms with van der Waals surface area (Å²) < 4.78 is 0. The van der Waals surface area contributed by atoms with E-state index in [0.29, 0.717) is 5.92 Å². The van der Waals surface area contributed by atoms with Gasteiger partial charge in [0.1, 0.15) is 0 Å². The van der Waals surface area contributed by atoms with Crippen LogP contribution in [0.4, 0.5) is 0 Å². The van der Waals surface area contributed by atoms with Crippen LogP contribution in [0.5, 0.6) is 0 Å². The first-order valence-electron chi connectivity index (χ1n) is 6.96. The maximum Gasteiger partial charge on any atom is 0.00174 e. The zero-order valence-electron chi connectivity index (χ0n) is 11.6. The highest BCUT2D eigenvalue weighted by Gasteiger charge is 2.03. The van der Waals surface area contributed by atoms with E-state index in [1.54, 1.807) is 0 Å². The molecule has 1 unspecified atom stereocenters. The molecule has 1 heteroatoms. The van der Waals surface area contributed by atoms with Gasteiger partial charge in [0.15, 0.2) is 0 Å². The molecule has 1 nitrogen and oxygen atoms in total. The fourth-order valence-corrected chi connectivity index (χ4v) is 2.02. The molecule has 1 atom stereocenters. The van der Waals surface area contributed by atoms with Crippen LogP contribution >= 0.6 is 0 Å². The second kappa shape index (κ2) is 8.30. The van der Waals surface area contributed by atoms with Crippen LogP contribution in [-0.2, 0) is 0 Å². The van der Waals surface area contributed by atoms with Crippen molar-refractivity contribution in [1.82, 2.24) is 5.32 Å². The van der Waals surface area contributed by atoms with Crippen molar-refractivity contribution in [3.05, 3.63) is 35.9 Å². The zero-order chi connectivity index (χ0) is 12.5. The SMILES string of the molecule is CC(C)CCCCNCC(C)c1ccccc1. The Morgan fingerprint density at radius 2 is 1.71 bits per heavy atom. The summed E-state index contributed by atoms with van der Waals surface area (Å²) in [5, 5.41) is 3.56. The molecule has 0 fully saturated rings.